The number of fused-ring (bicyclic) bond motifs is 1. The molecule has 0 atom stereocenters. The summed E-state index contributed by atoms with van der Waals surface area (Å²) in [6.45, 7) is 3.81. The summed E-state index contributed by atoms with van der Waals surface area (Å²) in [5.41, 5.74) is 1.95. The van der Waals surface area contributed by atoms with Crippen LogP contribution in [0.1, 0.15) is 12.5 Å². The minimum Gasteiger partial charge on any atom is -0.454 e. The van der Waals surface area contributed by atoms with Gasteiger partial charge in [-0.05, 0) is 31.3 Å². The van der Waals surface area contributed by atoms with Crippen LogP contribution in [0.15, 0.2) is 30.6 Å². The predicted octanol–water partition coefficient (Wildman–Crippen LogP) is 2.12. The molecule has 6 nitrogen and oxygen atoms in total. The fraction of sp³-hybridized carbons (Fsp3) is 0.286. The quantitative estimate of drug-likeness (QED) is 0.844. The number of aryl methyl sites for hydroxylation is 1. The molecule has 1 aliphatic heterocycles. The van der Waals surface area contributed by atoms with Crippen LogP contribution in [0.25, 0.3) is 0 Å². The molecule has 0 saturated carbocycles. The van der Waals surface area contributed by atoms with Gasteiger partial charge in [0.05, 0.1) is 6.20 Å². The highest BCUT2D eigenvalue weighted by atomic mass is 32.1. The predicted molar refractivity (Wildman–Crippen MR) is 83.5 cm³/mol. The summed E-state index contributed by atoms with van der Waals surface area (Å²) in [5.74, 6) is 1.48. The summed E-state index contributed by atoms with van der Waals surface area (Å²) in [7, 11) is 0. The molecular weight excluding hydrogens is 288 g/mol. The normalized spacial score (nSPS) is 12.2. The van der Waals surface area contributed by atoms with Gasteiger partial charge in [-0.1, -0.05) is 0 Å². The van der Waals surface area contributed by atoms with Crippen molar-refractivity contribution >= 4 is 23.0 Å². The molecule has 0 amide bonds. The van der Waals surface area contributed by atoms with Crippen LogP contribution < -0.4 is 20.1 Å². The second-order valence-corrected chi connectivity index (χ2v) is 4.99. The van der Waals surface area contributed by atoms with Crippen molar-refractivity contribution in [2.24, 2.45) is 0 Å². The second kappa shape index (κ2) is 6.01. The fourth-order valence-corrected chi connectivity index (χ4v) is 2.19. The molecule has 0 radical (unpaired) electrons. The third kappa shape index (κ3) is 3.25. The van der Waals surface area contributed by atoms with Crippen molar-refractivity contribution in [2.75, 3.05) is 12.1 Å². The van der Waals surface area contributed by atoms with Crippen molar-refractivity contribution in [1.29, 1.82) is 0 Å². The summed E-state index contributed by atoms with van der Waals surface area (Å²) in [5, 5.41) is 11.0. The maximum atomic E-state index is 5.33. The molecule has 2 aromatic rings. The molecule has 0 spiro atoms. The molecule has 0 saturated heterocycles. The third-order valence-corrected chi connectivity index (χ3v) is 3.34. The molecule has 0 aliphatic carbocycles. The maximum absolute atomic E-state index is 5.33. The van der Waals surface area contributed by atoms with Crippen LogP contribution in [0.4, 0.5) is 5.69 Å². The Hall–Kier alpha value is -2.28. The number of hydrogen-bond donors (Lipinski definition) is 2. The van der Waals surface area contributed by atoms with E-state index in [2.05, 4.69) is 22.7 Å². The molecule has 3 rings (SSSR count). The molecule has 1 aromatic carbocycles. The molecule has 2 heterocycles. The Morgan fingerprint density at radius 2 is 2.24 bits per heavy atom. The van der Waals surface area contributed by atoms with E-state index in [0.29, 0.717) is 11.7 Å². The van der Waals surface area contributed by atoms with E-state index in [1.165, 1.54) is 0 Å². The number of aromatic nitrogens is 2. The molecule has 21 heavy (non-hydrogen) atoms. The van der Waals surface area contributed by atoms with Crippen molar-refractivity contribution in [2.45, 2.75) is 20.0 Å². The second-order valence-electron chi connectivity index (χ2n) is 4.58. The van der Waals surface area contributed by atoms with E-state index in [9.17, 15) is 0 Å². The number of rotatable bonds is 4. The average Bonchev–Trinajstić information content (AvgIpc) is 3.13. The summed E-state index contributed by atoms with van der Waals surface area (Å²) in [6.07, 6.45) is 3.83. The summed E-state index contributed by atoms with van der Waals surface area (Å²) >= 11 is 5.28. The largest absolute Gasteiger partial charge is 0.454 e. The van der Waals surface area contributed by atoms with Gasteiger partial charge in [-0.15, -0.1) is 0 Å². The van der Waals surface area contributed by atoms with E-state index in [4.69, 9.17) is 21.7 Å². The first kappa shape index (κ1) is 13.7. The van der Waals surface area contributed by atoms with Gasteiger partial charge >= 0.3 is 0 Å². The van der Waals surface area contributed by atoms with Crippen LogP contribution in [-0.2, 0) is 13.1 Å². The zero-order chi connectivity index (χ0) is 14.7. The number of benzene rings is 1. The van der Waals surface area contributed by atoms with Crippen molar-refractivity contribution in [3.63, 3.8) is 0 Å². The lowest BCUT2D eigenvalue weighted by atomic mass is 10.3. The van der Waals surface area contributed by atoms with Gasteiger partial charge in [0.1, 0.15) is 0 Å². The number of thiocarbonyl (C=S) groups is 1. The van der Waals surface area contributed by atoms with E-state index >= 15 is 0 Å². The Balaban J connectivity index is 1.54. The van der Waals surface area contributed by atoms with Gasteiger partial charge in [0.2, 0.25) is 6.79 Å². The van der Waals surface area contributed by atoms with Crippen LogP contribution in [0.5, 0.6) is 11.5 Å². The van der Waals surface area contributed by atoms with E-state index in [1.54, 1.807) is 0 Å². The van der Waals surface area contributed by atoms with Crippen LogP contribution >= 0.6 is 12.2 Å². The number of hydrogen-bond acceptors (Lipinski definition) is 4. The molecule has 0 unspecified atom stereocenters. The molecule has 0 bridgehead atoms. The van der Waals surface area contributed by atoms with Gasteiger partial charge in [0.15, 0.2) is 16.6 Å². The van der Waals surface area contributed by atoms with E-state index in [-0.39, 0.29) is 6.79 Å². The minimum absolute atomic E-state index is 0.267. The highest BCUT2D eigenvalue weighted by Crippen LogP contribution is 2.34. The molecular formula is C14H16N4O2S. The van der Waals surface area contributed by atoms with Crippen LogP contribution in [0.2, 0.25) is 0 Å². The van der Waals surface area contributed by atoms with Gasteiger partial charge in [0, 0.05) is 36.6 Å². The first-order chi connectivity index (χ1) is 10.2. The van der Waals surface area contributed by atoms with Crippen LogP contribution in [0, 0.1) is 0 Å². The Labute approximate surface area is 128 Å². The maximum Gasteiger partial charge on any atom is 0.231 e. The standard InChI is InChI=1S/C14H16N4O2S/c1-2-18-8-10(7-16-18)6-15-14(21)17-11-3-4-12-13(5-11)20-9-19-12/h3-5,7-8H,2,6,9H2,1H3,(H2,15,17,21). The molecule has 7 heteroatoms. The Bertz CT molecular complexity index is 656. The van der Waals surface area contributed by atoms with Crippen LogP contribution in [0.3, 0.4) is 0 Å². The first-order valence-corrected chi connectivity index (χ1v) is 7.11. The molecule has 1 aliphatic rings. The average molecular weight is 304 g/mol. The van der Waals surface area contributed by atoms with E-state index in [0.717, 1.165) is 29.3 Å². The molecule has 0 fully saturated rings. The van der Waals surface area contributed by atoms with Gasteiger partial charge in [-0.2, -0.15) is 5.10 Å². The summed E-state index contributed by atoms with van der Waals surface area (Å²) in [6, 6.07) is 5.63. The van der Waals surface area contributed by atoms with Crippen molar-refractivity contribution in [3.8, 4) is 11.5 Å². The fourth-order valence-electron chi connectivity index (χ4n) is 2.00. The minimum atomic E-state index is 0.267. The van der Waals surface area contributed by atoms with Crippen LogP contribution in [-0.4, -0.2) is 21.7 Å². The van der Waals surface area contributed by atoms with Gasteiger partial charge in [0.25, 0.3) is 0 Å². The highest BCUT2D eigenvalue weighted by Gasteiger charge is 2.13. The lowest BCUT2D eigenvalue weighted by Crippen LogP contribution is -2.27. The number of ether oxygens (including phenoxy) is 2. The zero-order valence-electron chi connectivity index (χ0n) is 11.6. The number of nitrogens with zero attached hydrogens (tertiary/aromatic N) is 2. The first-order valence-electron chi connectivity index (χ1n) is 6.70. The smallest absolute Gasteiger partial charge is 0.231 e. The van der Waals surface area contributed by atoms with E-state index in [1.807, 2.05) is 35.3 Å². The van der Waals surface area contributed by atoms with Crippen molar-refractivity contribution in [3.05, 3.63) is 36.2 Å². The lowest BCUT2D eigenvalue weighted by Gasteiger charge is -2.10. The highest BCUT2D eigenvalue weighted by molar-refractivity contribution is 7.80. The Morgan fingerprint density at radius 1 is 1.38 bits per heavy atom. The van der Waals surface area contributed by atoms with Gasteiger partial charge < -0.3 is 20.1 Å². The SMILES string of the molecule is CCn1cc(CNC(=S)Nc2ccc3c(c2)OCO3)cn1. The topological polar surface area (TPSA) is 60.3 Å². The third-order valence-electron chi connectivity index (χ3n) is 3.09. The Morgan fingerprint density at radius 3 is 3.05 bits per heavy atom. The summed E-state index contributed by atoms with van der Waals surface area (Å²) < 4.78 is 12.5. The number of anilines is 1. The molecule has 110 valence electrons. The van der Waals surface area contributed by atoms with Gasteiger partial charge in [-0.3, -0.25) is 4.68 Å². The summed E-state index contributed by atoms with van der Waals surface area (Å²) in [4.78, 5) is 0. The molecule has 2 N–H and O–H groups in total. The van der Waals surface area contributed by atoms with E-state index < -0.39 is 0 Å². The lowest BCUT2D eigenvalue weighted by molar-refractivity contribution is 0.174. The zero-order valence-corrected chi connectivity index (χ0v) is 12.4. The monoisotopic (exact) mass is 304 g/mol. The Kier molecular flexibility index (Phi) is 3.92. The van der Waals surface area contributed by atoms with Crippen molar-refractivity contribution < 1.29 is 9.47 Å². The van der Waals surface area contributed by atoms with Gasteiger partial charge in [-0.25, -0.2) is 0 Å². The number of nitrogens with one attached hydrogen (secondary N) is 2. The molecule has 1 aromatic heterocycles. The van der Waals surface area contributed by atoms with Crippen molar-refractivity contribution in [1.82, 2.24) is 15.1 Å².